The third-order valence-corrected chi connectivity index (χ3v) is 9.50. The summed E-state index contributed by atoms with van der Waals surface area (Å²) in [5, 5.41) is 19.6. The van der Waals surface area contributed by atoms with Gasteiger partial charge in [0, 0.05) is 44.2 Å². The number of hydrogen-bond acceptors (Lipinski definition) is 5. The lowest BCUT2D eigenvalue weighted by Gasteiger charge is -2.42. The molecule has 1 saturated carbocycles. The number of aliphatic hydroxyl groups excluding tert-OH is 1. The zero-order valence-electron chi connectivity index (χ0n) is 24.3. The van der Waals surface area contributed by atoms with Crippen molar-refractivity contribution in [3.63, 3.8) is 0 Å². The van der Waals surface area contributed by atoms with Crippen molar-refractivity contribution in [3.05, 3.63) is 65.8 Å². The molecule has 0 amide bonds. The number of sulfonamides is 1. The Morgan fingerprint density at radius 1 is 1.15 bits per heavy atom. The molecule has 2 atom stereocenters. The van der Waals surface area contributed by atoms with Gasteiger partial charge in [-0.1, -0.05) is 63.3 Å². The van der Waals surface area contributed by atoms with Crippen LogP contribution in [0.1, 0.15) is 65.9 Å². The highest BCUT2D eigenvalue weighted by atomic mass is 32.2. The van der Waals surface area contributed by atoms with Gasteiger partial charge in [-0.15, -0.1) is 0 Å². The van der Waals surface area contributed by atoms with Crippen LogP contribution in [0.2, 0.25) is 0 Å². The molecule has 1 aliphatic heterocycles. The SMILES string of the molecule is CC.C\C=C/C(=C\C=C\CC)C1(CN2CCN(S(=O)(=O)c3ccc(C(C)(O)C(F)(F)F)cc3)C(CCO)C2)CC1. The van der Waals surface area contributed by atoms with Gasteiger partial charge in [0.05, 0.1) is 4.90 Å². The topological polar surface area (TPSA) is 81.1 Å². The second-order valence-electron chi connectivity index (χ2n) is 10.4. The Balaban J connectivity index is 0.00000274. The lowest BCUT2D eigenvalue weighted by molar-refractivity contribution is -0.258. The van der Waals surface area contributed by atoms with E-state index in [0.717, 1.165) is 50.1 Å². The molecule has 2 N–H and O–H groups in total. The predicted octanol–water partition coefficient (Wildman–Crippen LogP) is 5.79. The Hall–Kier alpha value is -1.98. The van der Waals surface area contributed by atoms with Gasteiger partial charge in [0.25, 0.3) is 0 Å². The molecule has 10 heteroatoms. The number of allylic oxidation sites excluding steroid dienone is 5. The first-order valence-corrected chi connectivity index (χ1v) is 15.5. The maximum atomic E-state index is 13.5. The lowest BCUT2D eigenvalue weighted by Crippen LogP contribution is -2.56. The molecule has 1 aliphatic carbocycles. The van der Waals surface area contributed by atoms with Crippen LogP contribution in [-0.4, -0.2) is 72.8 Å². The Morgan fingerprint density at radius 2 is 1.77 bits per heavy atom. The van der Waals surface area contributed by atoms with E-state index in [2.05, 4.69) is 36.1 Å². The summed E-state index contributed by atoms with van der Waals surface area (Å²) in [6.07, 6.45) is 8.93. The first-order valence-electron chi connectivity index (χ1n) is 14.1. The molecule has 3 rings (SSSR count). The van der Waals surface area contributed by atoms with Crippen molar-refractivity contribution in [2.45, 2.75) is 83.0 Å². The van der Waals surface area contributed by atoms with Gasteiger partial charge in [-0.2, -0.15) is 17.5 Å². The largest absolute Gasteiger partial charge is 0.421 e. The van der Waals surface area contributed by atoms with Gasteiger partial charge in [-0.05, 0) is 62.8 Å². The summed E-state index contributed by atoms with van der Waals surface area (Å²) >= 11 is 0. The predicted molar refractivity (Wildman–Crippen MR) is 153 cm³/mol. The standard InChI is InChI=1S/C28H39F3N2O4S.C2H6/c1-4-6-7-9-23(8-5-2)27(15-16-27)21-32-17-18-33(24(20-32)14-19-34)38(36,37)25-12-10-22(11-13-25)26(3,35)28(29,30)31;1-2/h5-13,24,34-35H,4,14-21H2,1-3H3;1-2H3/b7-6+,8-5-,23-9+;. The maximum Gasteiger partial charge on any atom is 0.421 e. The zero-order chi connectivity index (χ0) is 30.2. The number of halogens is 3. The van der Waals surface area contributed by atoms with E-state index in [-0.39, 0.29) is 29.9 Å². The molecular formula is C30H45F3N2O4S. The van der Waals surface area contributed by atoms with Crippen LogP contribution in [0.4, 0.5) is 13.2 Å². The van der Waals surface area contributed by atoms with Crippen LogP contribution in [0.15, 0.2) is 65.1 Å². The van der Waals surface area contributed by atoms with Crippen molar-refractivity contribution >= 4 is 10.0 Å². The Bertz CT molecular complexity index is 1140. The van der Waals surface area contributed by atoms with E-state index < -0.39 is 33.4 Å². The van der Waals surface area contributed by atoms with Crippen molar-refractivity contribution in [1.29, 1.82) is 0 Å². The fourth-order valence-corrected chi connectivity index (χ4v) is 6.65. The van der Waals surface area contributed by atoms with Crippen molar-refractivity contribution in [2.24, 2.45) is 5.41 Å². The Morgan fingerprint density at radius 3 is 2.27 bits per heavy atom. The highest BCUT2D eigenvalue weighted by molar-refractivity contribution is 7.89. The monoisotopic (exact) mass is 586 g/mol. The normalized spacial score (nSPS) is 22.2. The fourth-order valence-electron chi connectivity index (χ4n) is 5.01. The molecule has 40 heavy (non-hydrogen) atoms. The molecule has 2 unspecified atom stereocenters. The summed E-state index contributed by atoms with van der Waals surface area (Å²) in [6, 6.07) is 3.73. The summed E-state index contributed by atoms with van der Waals surface area (Å²) in [6.45, 7) is 10.5. The van der Waals surface area contributed by atoms with Crippen LogP contribution in [0.25, 0.3) is 0 Å². The maximum absolute atomic E-state index is 13.5. The molecule has 0 bridgehead atoms. The van der Waals surface area contributed by atoms with Crippen LogP contribution in [0, 0.1) is 5.41 Å². The van der Waals surface area contributed by atoms with Crippen molar-refractivity contribution in [1.82, 2.24) is 9.21 Å². The van der Waals surface area contributed by atoms with Crippen LogP contribution in [0.5, 0.6) is 0 Å². The summed E-state index contributed by atoms with van der Waals surface area (Å²) in [5.41, 5.74) is -2.24. The van der Waals surface area contributed by atoms with E-state index in [1.54, 1.807) is 0 Å². The second-order valence-corrected chi connectivity index (χ2v) is 12.2. The van der Waals surface area contributed by atoms with Gasteiger partial charge >= 0.3 is 6.18 Å². The van der Waals surface area contributed by atoms with Gasteiger partial charge in [0.2, 0.25) is 10.0 Å². The van der Waals surface area contributed by atoms with Gasteiger partial charge < -0.3 is 10.2 Å². The van der Waals surface area contributed by atoms with Crippen molar-refractivity contribution in [2.75, 3.05) is 32.8 Å². The first-order chi connectivity index (χ1) is 18.8. The molecule has 1 aromatic rings. The lowest BCUT2D eigenvalue weighted by atomic mass is 9.93. The Kier molecular flexibility index (Phi) is 12.2. The average molecular weight is 587 g/mol. The van der Waals surface area contributed by atoms with Gasteiger partial charge in [-0.25, -0.2) is 8.42 Å². The summed E-state index contributed by atoms with van der Waals surface area (Å²) in [5.74, 6) is 0. The highest BCUT2D eigenvalue weighted by Gasteiger charge is 2.51. The summed E-state index contributed by atoms with van der Waals surface area (Å²) < 4.78 is 67.9. The van der Waals surface area contributed by atoms with Crippen LogP contribution >= 0.6 is 0 Å². The molecule has 0 radical (unpaired) electrons. The van der Waals surface area contributed by atoms with E-state index in [0.29, 0.717) is 20.0 Å². The number of hydrogen-bond donors (Lipinski definition) is 2. The molecule has 0 aromatic heterocycles. The quantitative estimate of drug-likeness (QED) is 0.321. The van der Waals surface area contributed by atoms with E-state index in [1.165, 1.54) is 9.88 Å². The third-order valence-electron chi connectivity index (χ3n) is 7.54. The number of benzene rings is 1. The highest BCUT2D eigenvalue weighted by Crippen LogP contribution is 2.53. The van der Waals surface area contributed by atoms with E-state index in [1.807, 2.05) is 26.8 Å². The molecule has 1 heterocycles. The molecule has 0 spiro atoms. The number of aliphatic hydroxyl groups is 2. The minimum atomic E-state index is -4.90. The summed E-state index contributed by atoms with van der Waals surface area (Å²) in [4.78, 5) is 2.11. The third kappa shape index (κ3) is 7.85. The molecule has 6 nitrogen and oxygen atoms in total. The second kappa shape index (κ2) is 14.3. The van der Waals surface area contributed by atoms with Gasteiger partial charge in [0.1, 0.15) is 0 Å². The van der Waals surface area contributed by atoms with E-state index in [4.69, 9.17) is 0 Å². The number of rotatable bonds is 11. The van der Waals surface area contributed by atoms with Crippen LogP contribution in [0.3, 0.4) is 0 Å². The summed E-state index contributed by atoms with van der Waals surface area (Å²) in [7, 11) is -4.02. The van der Waals surface area contributed by atoms with Crippen molar-refractivity contribution in [3.8, 4) is 0 Å². The fraction of sp³-hybridized carbons (Fsp3) is 0.600. The molecular weight excluding hydrogens is 541 g/mol. The van der Waals surface area contributed by atoms with E-state index in [9.17, 15) is 31.8 Å². The van der Waals surface area contributed by atoms with Crippen molar-refractivity contribution < 1.29 is 31.8 Å². The smallest absolute Gasteiger partial charge is 0.396 e. The Labute approximate surface area is 237 Å². The van der Waals surface area contributed by atoms with E-state index >= 15 is 0 Å². The number of piperazine rings is 1. The van der Waals surface area contributed by atoms with Crippen LogP contribution in [-0.2, 0) is 15.6 Å². The minimum Gasteiger partial charge on any atom is -0.396 e. The molecule has 2 aliphatic rings. The van der Waals surface area contributed by atoms with Crippen LogP contribution < -0.4 is 0 Å². The number of nitrogens with zero attached hydrogens (tertiary/aromatic N) is 2. The zero-order valence-corrected chi connectivity index (χ0v) is 25.1. The first kappa shape index (κ1) is 34.2. The number of alkyl halides is 3. The molecule has 2 fully saturated rings. The average Bonchev–Trinajstić information content (AvgIpc) is 3.69. The molecule has 1 saturated heterocycles. The molecule has 226 valence electrons. The van der Waals surface area contributed by atoms with Gasteiger partial charge in [0.15, 0.2) is 5.60 Å². The minimum absolute atomic E-state index is 0.0284. The van der Waals surface area contributed by atoms with Gasteiger partial charge in [-0.3, -0.25) is 4.90 Å². The molecule has 1 aromatic carbocycles.